The molecule has 0 aromatic carbocycles. The molecule has 0 atom stereocenters. The van der Waals surface area contributed by atoms with Crippen LogP contribution in [0.4, 0.5) is 0 Å². The van der Waals surface area contributed by atoms with Crippen LogP contribution in [0.15, 0.2) is 28.2 Å². The molecule has 2 heterocycles. The SMILES string of the molecule is Cc1sccc1C(=O)c1ccoc1Cl. The first-order valence-corrected chi connectivity index (χ1v) is 5.27. The van der Waals surface area contributed by atoms with Gasteiger partial charge in [-0.3, -0.25) is 4.79 Å². The van der Waals surface area contributed by atoms with E-state index in [2.05, 4.69) is 0 Å². The molecule has 2 rings (SSSR count). The van der Waals surface area contributed by atoms with E-state index in [1.807, 2.05) is 12.3 Å². The summed E-state index contributed by atoms with van der Waals surface area (Å²) in [6.07, 6.45) is 1.41. The number of hydrogen-bond acceptors (Lipinski definition) is 3. The minimum atomic E-state index is -0.0810. The first kappa shape index (κ1) is 9.49. The molecule has 0 amide bonds. The van der Waals surface area contributed by atoms with Gasteiger partial charge in [0.1, 0.15) is 0 Å². The van der Waals surface area contributed by atoms with Crippen LogP contribution < -0.4 is 0 Å². The van der Waals surface area contributed by atoms with E-state index < -0.39 is 0 Å². The van der Waals surface area contributed by atoms with E-state index in [1.54, 1.807) is 23.5 Å². The van der Waals surface area contributed by atoms with Gasteiger partial charge in [0.15, 0.2) is 5.78 Å². The first-order chi connectivity index (χ1) is 6.70. The topological polar surface area (TPSA) is 30.2 Å². The molecule has 0 N–H and O–H groups in total. The molecule has 2 aromatic rings. The van der Waals surface area contributed by atoms with Gasteiger partial charge in [0.25, 0.3) is 0 Å². The zero-order valence-corrected chi connectivity index (χ0v) is 8.98. The largest absolute Gasteiger partial charge is 0.452 e. The van der Waals surface area contributed by atoms with Crippen LogP contribution in [0.25, 0.3) is 0 Å². The number of hydrogen-bond donors (Lipinski definition) is 0. The molecule has 2 nitrogen and oxygen atoms in total. The Balaban J connectivity index is 2.44. The van der Waals surface area contributed by atoms with Crippen LogP contribution in [0.1, 0.15) is 20.8 Å². The van der Waals surface area contributed by atoms with Crippen molar-refractivity contribution in [1.29, 1.82) is 0 Å². The van der Waals surface area contributed by atoms with Crippen molar-refractivity contribution in [3.8, 4) is 0 Å². The molecular weight excluding hydrogens is 220 g/mol. The van der Waals surface area contributed by atoms with Gasteiger partial charge in [0, 0.05) is 10.4 Å². The maximum Gasteiger partial charge on any atom is 0.204 e. The first-order valence-electron chi connectivity index (χ1n) is 4.02. The van der Waals surface area contributed by atoms with Crippen molar-refractivity contribution in [1.82, 2.24) is 0 Å². The Morgan fingerprint density at radius 3 is 2.71 bits per heavy atom. The zero-order valence-electron chi connectivity index (χ0n) is 7.41. The van der Waals surface area contributed by atoms with E-state index >= 15 is 0 Å². The third-order valence-electron chi connectivity index (χ3n) is 1.97. The summed E-state index contributed by atoms with van der Waals surface area (Å²) in [6.45, 7) is 1.91. The highest BCUT2D eigenvalue weighted by atomic mass is 35.5. The molecule has 0 fully saturated rings. The Kier molecular flexibility index (Phi) is 2.44. The van der Waals surface area contributed by atoms with Gasteiger partial charge in [-0.1, -0.05) is 0 Å². The molecule has 72 valence electrons. The van der Waals surface area contributed by atoms with Gasteiger partial charge in [-0.2, -0.15) is 0 Å². The smallest absolute Gasteiger partial charge is 0.204 e. The van der Waals surface area contributed by atoms with E-state index in [0.717, 1.165) is 4.88 Å². The molecule has 0 aliphatic heterocycles. The van der Waals surface area contributed by atoms with Crippen LogP contribution in [-0.2, 0) is 0 Å². The highest BCUT2D eigenvalue weighted by molar-refractivity contribution is 7.10. The fourth-order valence-corrected chi connectivity index (χ4v) is 2.12. The minimum Gasteiger partial charge on any atom is -0.452 e. The standard InChI is InChI=1S/C10H7ClO2S/c1-6-7(3-5-14-6)9(12)8-2-4-13-10(8)11/h2-5H,1H3. The molecule has 0 saturated heterocycles. The third kappa shape index (κ3) is 1.49. The lowest BCUT2D eigenvalue weighted by atomic mass is 10.1. The summed E-state index contributed by atoms with van der Waals surface area (Å²) < 4.78 is 4.87. The third-order valence-corrected chi connectivity index (χ3v) is 3.10. The van der Waals surface area contributed by atoms with E-state index in [4.69, 9.17) is 16.0 Å². The molecule has 0 saturated carbocycles. The normalized spacial score (nSPS) is 10.4. The van der Waals surface area contributed by atoms with Gasteiger partial charge in [-0.25, -0.2) is 0 Å². The fourth-order valence-electron chi connectivity index (χ4n) is 1.22. The Hall–Kier alpha value is -1.06. The van der Waals surface area contributed by atoms with E-state index in [-0.39, 0.29) is 11.0 Å². The highest BCUT2D eigenvalue weighted by Gasteiger charge is 2.17. The summed E-state index contributed by atoms with van der Waals surface area (Å²) >= 11 is 7.26. The summed E-state index contributed by atoms with van der Waals surface area (Å²) in [5.74, 6) is -0.0810. The number of halogens is 1. The lowest BCUT2D eigenvalue weighted by molar-refractivity contribution is 0.103. The predicted octanol–water partition coefficient (Wildman–Crippen LogP) is 3.53. The van der Waals surface area contributed by atoms with Crippen LogP contribution in [0.5, 0.6) is 0 Å². The lowest BCUT2D eigenvalue weighted by Gasteiger charge is -1.96. The summed E-state index contributed by atoms with van der Waals surface area (Å²) in [5, 5.41) is 2.04. The number of carbonyl (C=O) groups excluding carboxylic acids is 1. The van der Waals surface area contributed by atoms with Crippen molar-refractivity contribution >= 4 is 28.7 Å². The molecular formula is C10H7ClO2S. The quantitative estimate of drug-likeness (QED) is 0.734. The van der Waals surface area contributed by atoms with Crippen molar-refractivity contribution in [2.75, 3.05) is 0 Å². The number of ketones is 1. The van der Waals surface area contributed by atoms with Crippen molar-refractivity contribution in [3.05, 3.63) is 45.0 Å². The monoisotopic (exact) mass is 226 g/mol. The van der Waals surface area contributed by atoms with Crippen molar-refractivity contribution in [2.24, 2.45) is 0 Å². The number of aryl methyl sites for hydroxylation is 1. The summed E-state index contributed by atoms with van der Waals surface area (Å²) in [7, 11) is 0. The van der Waals surface area contributed by atoms with Gasteiger partial charge >= 0.3 is 0 Å². The summed E-state index contributed by atoms with van der Waals surface area (Å²) in [4.78, 5) is 12.9. The molecule has 0 aliphatic carbocycles. The zero-order chi connectivity index (χ0) is 10.1. The fraction of sp³-hybridized carbons (Fsp3) is 0.100. The second kappa shape index (κ2) is 3.59. The van der Waals surface area contributed by atoms with Gasteiger partial charge in [0.05, 0.1) is 11.8 Å². The van der Waals surface area contributed by atoms with Crippen LogP contribution in [0, 0.1) is 6.92 Å². The van der Waals surface area contributed by atoms with Gasteiger partial charge < -0.3 is 4.42 Å². The van der Waals surface area contributed by atoms with Gasteiger partial charge in [0.2, 0.25) is 5.22 Å². The lowest BCUT2D eigenvalue weighted by Crippen LogP contribution is -1.99. The average molecular weight is 227 g/mol. The highest BCUT2D eigenvalue weighted by Crippen LogP contribution is 2.24. The Morgan fingerprint density at radius 2 is 2.21 bits per heavy atom. The second-order valence-corrected chi connectivity index (χ2v) is 4.29. The molecule has 0 radical (unpaired) electrons. The van der Waals surface area contributed by atoms with Crippen LogP contribution >= 0.6 is 22.9 Å². The number of furan rings is 1. The summed E-state index contributed by atoms with van der Waals surface area (Å²) in [6, 6.07) is 3.38. The predicted molar refractivity (Wildman–Crippen MR) is 56.2 cm³/mol. The molecule has 14 heavy (non-hydrogen) atoms. The molecule has 0 aliphatic rings. The summed E-state index contributed by atoms with van der Waals surface area (Å²) in [5.41, 5.74) is 1.12. The number of thiophene rings is 1. The molecule has 2 aromatic heterocycles. The van der Waals surface area contributed by atoms with Gasteiger partial charge in [-0.05, 0) is 36.0 Å². The average Bonchev–Trinajstić information content (AvgIpc) is 2.73. The Labute approximate surface area is 90.1 Å². The van der Waals surface area contributed by atoms with Crippen LogP contribution in [-0.4, -0.2) is 5.78 Å². The Morgan fingerprint density at radius 1 is 1.43 bits per heavy atom. The van der Waals surface area contributed by atoms with Crippen molar-refractivity contribution in [2.45, 2.75) is 6.92 Å². The Bertz CT molecular complexity index is 428. The van der Waals surface area contributed by atoms with Crippen molar-refractivity contribution < 1.29 is 9.21 Å². The molecule has 4 heteroatoms. The maximum absolute atomic E-state index is 11.9. The molecule has 0 spiro atoms. The van der Waals surface area contributed by atoms with E-state index in [0.29, 0.717) is 11.1 Å². The second-order valence-electron chi connectivity index (χ2n) is 2.83. The van der Waals surface area contributed by atoms with E-state index in [1.165, 1.54) is 6.26 Å². The van der Waals surface area contributed by atoms with Crippen LogP contribution in [0.2, 0.25) is 5.22 Å². The van der Waals surface area contributed by atoms with Crippen LogP contribution in [0.3, 0.4) is 0 Å². The number of rotatable bonds is 2. The number of carbonyl (C=O) groups is 1. The molecule has 0 bridgehead atoms. The maximum atomic E-state index is 11.9. The van der Waals surface area contributed by atoms with Crippen molar-refractivity contribution in [3.63, 3.8) is 0 Å². The van der Waals surface area contributed by atoms with E-state index in [9.17, 15) is 4.79 Å². The molecule has 0 unspecified atom stereocenters. The minimum absolute atomic E-state index is 0.0810. The van der Waals surface area contributed by atoms with Gasteiger partial charge in [-0.15, -0.1) is 11.3 Å².